The van der Waals surface area contributed by atoms with Crippen molar-refractivity contribution in [3.05, 3.63) is 0 Å². The third kappa shape index (κ3) is 21.6. The zero-order valence-corrected chi connectivity index (χ0v) is 17.2. The molecule has 0 rings (SSSR count). The maximum absolute atomic E-state index is 2.30. The van der Waals surface area contributed by atoms with Crippen LogP contribution >= 0.6 is 12.4 Å². The molecule has 118 valence electrons. The zero-order valence-electron chi connectivity index (χ0n) is 14.4. The minimum Gasteiger partial charge on any atom is -0.147 e. The molecule has 0 amide bonds. The van der Waals surface area contributed by atoms with Gasteiger partial charge in [-0.15, -0.1) is 12.4 Å². The molecule has 0 aliphatic rings. The van der Waals surface area contributed by atoms with Crippen LogP contribution in [0.25, 0.3) is 0 Å². The number of unbranched alkanes of at least 4 members (excludes halogenated alkanes) is 15. The van der Waals surface area contributed by atoms with Crippen molar-refractivity contribution in [2.45, 2.75) is 113 Å². The van der Waals surface area contributed by atoms with Crippen LogP contribution in [-0.4, -0.2) is 27.9 Å². The largest absolute Gasteiger partial charge is 0.147 e. The molecule has 0 N–H and O–H groups in total. The molecule has 0 aromatic rings. The maximum Gasteiger partial charge on any atom is -0.147 e. The first-order valence-electron chi connectivity index (χ1n) is 9.41. The quantitative estimate of drug-likeness (QED) is 0.208. The second kappa shape index (κ2) is 22.6. The molecule has 0 spiro atoms. The number of halogens is 1. The first-order chi connectivity index (χ1) is 9.41. The van der Waals surface area contributed by atoms with Crippen molar-refractivity contribution in [1.82, 2.24) is 0 Å². The molecule has 0 aromatic heterocycles. The molecule has 0 unspecified atom stereocenters. The Balaban J connectivity index is 0. The molecule has 0 heterocycles. The Morgan fingerprint density at radius 1 is 0.450 bits per heavy atom. The first-order valence-corrected chi connectivity index (χ1v) is 10.8. The Labute approximate surface area is 153 Å². The number of hydrogen-bond acceptors (Lipinski definition) is 0. The molecule has 0 aromatic carbocycles. The van der Waals surface area contributed by atoms with E-state index in [0.717, 1.165) is 0 Å². The van der Waals surface area contributed by atoms with Crippen molar-refractivity contribution in [2.75, 3.05) is 0 Å². The van der Waals surface area contributed by atoms with Crippen LogP contribution in [0.3, 0.4) is 0 Å². The Morgan fingerprint density at radius 3 is 0.950 bits per heavy atom. The number of rotatable bonds is 16. The van der Waals surface area contributed by atoms with E-state index in [4.69, 9.17) is 0 Å². The smallest absolute Gasteiger partial charge is 0.147 e. The molecule has 0 atom stereocenters. The predicted octanol–water partition coefficient (Wildman–Crippen LogP) is 7.26. The van der Waals surface area contributed by atoms with E-state index < -0.39 is 0 Å². The van der Waals surface area contributed by atoms with Crippen molar-refractivity contribution in [2.24, 2.45) is 0 Å². The van der Waals surface area contributed by atoms with Crippen molar-refractivity contribution < 1.29 is 0 Å². The van der Waals surface area contributed by atoms with Crippen LogP contribution in [0.5, 0.6) is 0 Å². The minimum atomic E-state index is 0. The van der Waals surface area contributed by atoms with Gasteiger partial charge in [0.15, 0.2) is 0 Å². The van der Waals surface area contributed by atoms with Gasteiger partial charge in [0, 0.05) is 0 Å². The van der Waals surface area contributed by atoms with Crippen molar-refractivity contribution >= 4 is 40.3 Å². The molecule has 2 heteroatoms. The molecule has 20 heavy (non-hydrogen) atoms. The normalized spacial score (nSPS) is 10.6. The fourth-order valence-corrected chi connectivity index (χ4v) is 3.30. The molecule has 0 fully saturated rings. The summed E-state index contributed by atoms with van der Waals surface area (Å²) >= 11 is 1.41. The van der Waals surface area contributed by atoms with Gasteiger partial charge in [0.05, 0.1) is 0 Å². The third-order valence-electron chi connectivity index (χ3n) is 4.21. The van der Waals surface area contributed by atoms with Gasteiger partial charge in [0.1, 0.15) is 0 Å². The fourth-order valence-electron chi connectivity index (χ4n) is 2.80. The van der Waals surface area contributed by atoms with Crippen LogP contribution in [-0.2, 0) is 0 Å². The Hall–Kier alpha value is 1.29. The first kappa shape index (κ1) is 23.6. The average molecular weight is 313 g/mol. The van der Waals surface area contributed by atoms with E-state index >= 15 is 0 Å². The van der Waals surface area contributed by atoms with Crippen LogP contribution in [0, 0.1) is 0 Å². The van der Waals surface area contributed by atoms with E-state index in [9.17, 15) is 0 Å². The van der Waals surface area contributed by atoms with Crippen LogP contribution < -0.4 is 0 Å². The molecule has 0 saturated carbocycles. The van der Waals surface area contributed by atoms with Gasteiger partial charge < -0.3 is 0 Å². The van der Waals surface area contributed by atoms with Gasteiger partial charge >= 0.3 is 102 Å². The summed E-state index contributed by atoms with van der Waals surface area (Å²) in [5, 5.41) is 0. The van der Waals surface area contributed by atoms with E-state index in [2.05, 4.69) is 6.92 Å². The summed E-state index contributed by atoms with van der Waals surface area (Å²) in [6, 6.07) is 0. The summed E-state index contributed by atoms with van der Waals surface area (Å²) in [4.78, 5) is 0. The molecule has 0 bridgehead atoms. The summed E-state index contributed by atoms with van der Waals surface area (Å²) in [6.07, 6.45) is 23.7. The summed E-state index contributed by atoms with van der Waals surface area (Å²) < 4.78 is 1.51. The van der Waals surface area contributed by atoms with Crippen LogP contribution in [0.4, 0.5) is 0 Å². The molecular weight excluding hydrogens is 275 g/mol. The van der Waals surface area contributed by atoms with Gasteiger partial charge in [-0.3, -0.25) is 0 Å². The molecule has 0 nitrogen and oxygen atoms in total. The van der Waals surface area contributed by atoms with Gasteiger partial charge in [-0.2, -0.15) is 0 Å². The van der Waals surface area contributed by atoms with E-state index in [0.29, 0.717) is 0 Å². The standard InChI is InChI=1S/C18H37.ClH.Na/c1-3-5-7-9-11-13-15-17-18-16-14-12-10-8-6-4-2;;/h1,3-18H2,2H3;1H;. The summed E-state index contributed by atoms with van der Waals surface area (Å²) in [7, 11) is 0. The zero-order chi connectivity index (χ0) is 14.0. The van der Waals surface area contributed by atoms with E-state index in [1.165, 1.54) is 134 Å². The summed E-state index contributed by atoms with van der Waals surface area (Å²) in [5.74, 6) is 0. The topological polar surface area (TPSA) is 0 Å². The minimum absolute atomic E-state index is 0. The SMILES string of the molecule is CCCCCCCCCCCCCCCCC[CH2][Na].Cl. The van der Waals surface area contributed by atoms with Gasteiger partial charge in [-0.25, -0.2) is 0 Å². The second-order valence-electron chi connectivity index (χ2n) is 6.30. The van der Waals surface area contributed by atoms with Crippen molar-refractivity contribution in [1.29, 1.82) is 0 Å². The van der Waals surface area contributed by atoms with Crippen LogP contribution in [0.1, 0.15) is 110 Å². The average Bonchev–Trinajstić information content (AvgIpc) is 2.43. The van der Waals surface area contributed by atoms with E-state index in [-0.39, 0.29) is 12.4 Å². The van der Waals surface area contributed by atoms with E-state index in [1.54, 1.807) is 0 Å². The molecule has 0 aliphatic carbocycles. The second-order valence-corrected chi connectivity index (χ2v) is 7.30. The van der Waals surface area contributed by atoms with Gasteiger partial charge in [-0.1, -0.05) is 39.0 Å². The predicted molar refractivity (Wildman–Crippen MR) is 97.4 cm³/mol. The third-order valence-corrected chi connectivity index (χ3v) is 4.91. The molecular formula is C18H38ClNa. The Bertz CT molecular complexity index is 134. The van der Waals surface area contributed by atoms with Crippen LogP contribution in [0.15, 0.2) is 0 Å². The monoisotopic (exact) mass is 312 g/mol. The maximum atomic E-state index is 2.30. The van der Waals surface area contributed by atoms with Crippen molar-refractivity contribution in [3.63, 3.8) is 0 Å². The molecule has 0 aliphatic heterocycles. The van der Waals surface area contributed by atoms with E-state index in [1.807, 2.05) is 0 Å². The van der Waals surface area contributed by atoms with Gasteiger partial charge in [-0.05, 0) is 0 Å². The van der Waals surface area contributed by atoms with Crippen LogP contribution in [0.2, 0.25) is 3.67 Å². The Kier molecular flexibility index (Phi) is 26.6. The summed E-state index contributed by atoms with van der Waals surface area (Å²) in [6.45, 7) is 2.30. The number of hydrogen-bond donors (Lipinski definition) is 0. The fraction of sp³-hybridized carbons (Fsp3) is 1.00. The Morgan fingerprint density at radius 2 is 0.700 bits per heavy atom. The van der Waals surface area contributed by atoms with Gasteiger partial charge in [0.2, 0.25) is 0 Å². The molecule has 0 saturated heterocycles. The van der Waals surface area contributed by atoms with Gasteiger partial charge in [0.25, 0.3) is 0 Å². The molecule has 0 radical (unpaired) electrons. The summed E-state index contributed by atoms with van der Waals surface area (Å²) in [5.41, 5.74) is 0. The van der Waals surface area contributed by atoms with Crippen molar-refractivity contribution in [3.8, 4) is 0 Å².